The predicted molar refractivity (Wildman–Crippen MR) is 68.3 cm³/mol. The number of rotatable bonds is 1. The maximum atomic E-state index is 5.69. The average molecular weight is 366 g/mol. The first-order valence-electron chi connectivity index (χ1n) is 3.65. The third kappa shape index (κ3) is 2.74. The van der Waals surface area contributed by atoms with Gasteiger partial charge in [-0.05, 0) is 29.5 Å². The van der Waals surface area contributed by atoms with Crippen LogP contribution in [0.1, 0.15) is 11.5 Å². The number of alkyl halides is 3. The highest BCUT2D eigenvalue weighted by molar-refractivity contribution is 14.1. The largest absolute Gasteiger partial charge is 0.372 e. The first kappa shape index (κ1) is 12.5. The molecule has 0 aliphatic heterocycles. The number of nitrogens with zero attached hydrogens (tertiary/aromatic N) is 2. The van der Waals surface area contributed by atoms with Gasteiger partial charge in [-0.15, -0.1) is 0 Å². The van der Waals surface area contributed by atoms with Gasteiger partial charge in [-0.3, -0.25) is 0 Å². The molecular formula is C7H7Cl3IN3. The molecule has 0 saturated heterocycles. The second-order valence-corrected chi connectivity index (χ2v) is 5.90. The van der Waals surface area contributed by atoms with Crippen molar-refractivity contribution < 1.29 is 0 Å². The normalized spacial score (nSPS) is 11.6. The predicted octanol–water partition coefficient (Wildman–Crippen LogP) is 3.26. The zero-order chi connectivity index (χ0) is 10.9. The Balaban J connectivity index is 3.30. The van der Waals surface area contributed by atoms with Crippen molar-refractivity contribution in [3.05, 3.63) is 15.1 Å². The molecule has 1 N–H and O–H groups in total. The van der Waals surface area contributed by atoms with E-state index in [1.807, 2.05) is 6.92 Å². The third-order valence-corrected chi connectivity index (χ3v) is 3.31. The summed E-state index contributed by atoms with van der Waals surface area (Å²) in [5, 5.41) is 2.91. The maximum absolute atomic E-state index is 5.69. The lowest BCUT2D eigenvalue weighted by Crippen LogP contribution is -2.12. The lowest BCUT2D eigenvalue weighted by molar-refractivity contribution is 0.935. The minimum absolute atomic E-state index is 0.185. The van der Waals surface area contributed by atoms with E-state index in [1.54, 1.807) is 7.05 Å². The fourth-order valence-electron chi connectivity index (χ4n) is 0.852. The van der Waals surface area contributed by atoms with Crippen LogP contribution < -0.4 is 5.32 Å². The summed E-state index contributed by atoms with van der Waals surface area (Å²) in [5.41, 5.74) is 0.784. The van der Waals surface area contributed by atoms with Crippen LogP contribution in [0.2, 0.25) is 0 Å². The molecule has 1 aromatic rings. The van der Waals surface area contributed by atoms with E-state index in [0.717, 1.165) is 9.26 Å². The molecule has 1 rings (SSSR count). The van der Waals surface area contributed by atoms with Gasteiger partial charge in [0.25, 0.3) is 0 Å². The molecule has 14 heavy (non-hydrogen) atoms. The molecule has 0 saturated carbocycles. The minimum atomic E-state index is -1.58. The molecule has 78 valence electrons. The second kappa shape index (κ2) is 4.55. The Kier molecular flexibility index (Phi) is 4.08. The summed E-state index contributed by atoms with van der Waals surface area (Å²) >= 11 is 19.2. The fraction of sp³-hybridized carbons (Fsp3) is 0.429. The van der Waals surface area contributed by atoms with Crippen molar-refractivity contribution in [1.82, 2.24) is 9.97 Å². The molecule has 0 bridgehead atoms. The molecule has 7 heteroatoms. The van der Waals surface area contributed by atoms with Crippen LogP contribution in [0.3, 0.4) is 0 Å². The Morgan fingerprint density at radius 2 is 1.86 bits per heavy atom. The zero-order valence-electron chi connectivity index (χ0n) is 7.41. The van der Waals surface area contributed by atoms with Gasteiger partial charge < -0.3 is 5.32 Å². The maximum Gasteiger partial charge on any atom is 0.250 e. The highest BCUT2D eigenvalue weighted by Gasteiger charge is 2.28. The van der Waals surface area contributed by atoms with E-state index in [-0.39, 0.29) is 5.82 Å². The Bertz CT molecular complexity index is 351. The summed E-state index contributed by atoms with van der Waals surface area (Å²) in [5.74, 6) is 0.851. The Labute approximate surface area is 111 Å². The van der Waals surface area contributed by atoms with Gasteiger partial charge in [0.1, 0.15) is 5.82 Å². The molecule has 1 aromatic heterocycles. The topological polar surface area (TPSA) is 37.8 Å². The van der Waals surface area contributed by atoms with E-state index in [2.05, 4.69) is 37.9 Å². The molecule has 1 heterocycles. The Hall–Kier alpha value is 0.480. The van der Waals surface area contributed by atoms with Crippen LogP contribution in [-0.2, 0) is 3.79 Å². The van der Waals surface area contributed by atoms with E-state index in [4.69, 9.17) is 34.8 Å². The lowest BCUT2D eigenvalue weighted by atomic mass is 10.4. The Morgan fingerprint density at radius 1 is 1.29 bits per heavy atom. The monoisotopic (exact) mass is 365 g/mol. The van der Waals surface area contributed by atoms with Gasteiger partial charge in [0, 0.05) is 7.05 Å². The average Bonchev–Trinajstić information content (AvgIpc) is 2.07. The highest BCUT2D eigenvalue weighted by atomic mass is 127. The number of nitrogens with one attached hydrogen (secondary N) is 1. The molecule has 0 aliphatic carbocycles. The molecule has 0 radical (unpaired) electrons. The van der Waals surface area contributed by atoms with Crippen LogP contribution in [0.5, 0.6) is 0 Å². The number of hydrogen-bond acceptors (Lipinski definition) is 3. The van der Waals surface area contributed by atoms with E-state index in [1.165, 1.54) is 0 Å². The number of aryl methyl sites for hydroxylation is 1. The first-order chi connectivity index (χ1) is 6.36. The lowest BCUT2D eigenvalue weighted by Gasteiger charge is -2.13. The first-order valence-corrected chi connectivity index (χ1v) is 5.86. The van der Waals surface area contributed by atoms with Crippen molar-refractivity contribution in [3.8, 4) is 0 Å². The molecule has 0 amide bonds. The molecule has 0 unspecified atom stereocenters. The molecule has 0 aliphatic rings. The van der Waals surface area contributed by atoms with Gasteiger partial charge >= 0.3 is 0 Å². The van der Waals surface area contributed by atoms with Crippen molar-refractivity contribution in [3.63, 3.8) is 0 Å². The van der Waals surface area contributed by atoms with E-state index in [9.17, 15) is 0 Å². The molecule has 0 fully saturated rings. The molecule has 0 spiro atoms. The van der Waals surface area contributed by atoms with Gasteiger partial charge in [0.2, 0.25) is 3.79 Å². The Morgan fingerprint density at radius 3 is 2.29 bits per heavy atom. The zero-order valence-corrected chi connectivity index (χ0v) is 11.8. The van der Waals surface area contributed by atoms with E-state index >= 15 is 0 Å². The van der Waals surface area contributed by atoms with Gasteiger partial charge in [-0.2, -0.15) is 0 Å². The van der Waals surface area contributed by atoms with Crippen LogP contribution in [-0.4, -0.2) is 17.0 Å². The molecule has 0 aromatic carbocycles. The van der Waals surface area contributed by atoms with Crippen LogP contribution >= 0.6 is 57.4 Å². The number of aromatic nitrogens is 2. The van der Waals surface area contributed by atoms with Crippen molar-refractivity contribution in [2.45, 2.75) is 10.7 Å². The minimum Gasteiger partial charge on any atom is -0.372 e. The summed E-state index contributed by atoms with van der Waals surface area (Å²) < 4.78 is -0.663. The third-order valence-electron chi connectivity index (χ3n) is 1.51. The summed E-state index contributed by atoms with van der Waals surface area (Å²) in [6, 6.07) is 0. The second-order valence-electron chi connectivity index (χ2n) is 2.54. The van der Waals surface area contributed by atoms with Crippen LogP contribution in [0.15, 0.2) is 0 Å². The summed E-state index contributed by atoms with van der Waals surface area (Å²) in [6.45, 7) is 1.84. The molecular weight excluding hydrogens is 359 g/mol. The van der Waals surface area contributed by atoms with Crippen molar-refractivity contribution >= 4 is 63.2 Å². The van der Waals surface area contributed by atoms with Crippen molar-refractivity contribution in [2.75, 3.05) is 12.4 Å². The summed E-state index contributed by atoms with van der Waals surface area (Å²) in [6.07, 6.45) is 0. The van der Waals surface area contributed by atoms with Gasteiger partial charge in [0.15, 0.2) is 5.82 Å². The summed E-state index contributed by atoms with van der Waals surface area (Å²) in [7, 11) is 1.76. The van der Waals surface area contributed by atoms with Gasteiger partial charge in [0.05, 0.1) is 9.26 Å². The number of hydrogen-bond donors (Lipinski definition) is 1. The van der Waals surface area contributed by atoms with Crippen molar-refractivity contribution in [2.24, 2.45) is 0 Å². The van der Waals surface area contributed by atoms with E-state index in [0.29, 0.717) is 5.82 Å². The SMILES string of the molecule is CNc1nc(C(Cl)(Cl)Cl)nc(C)c1I. The van der Waals surface area contributed by atoms with Gasteiger partial charge in [-0.25, -0.2) is 9.97 Å². The van der Waals surface area contributed by atoms with Crippen LogP contribution in [0.4, 0.5) is 5.82 Å². The standard InChI is InChI=1S/C7H7Cl3IN3/c1-3-4(11)5(12-2)14-6(13-3)7(8,9)10/h1-2H3,(H,12,13,14). The van der Waals surface area contributed by atoms with Gasteiger partial charge in [-0.1, -0.05) is 34.8 Å². The molecule has 3 nitrogen and oxygen atoms in total. The van der Waals surface area contributed by atoms with Crippen molar-refractivity contribution in [1.29, 1.82) is 0 Å². The summed E-state index contributed by atoms with van der Waals surface area (Å²) in [4.78, 5) is 8.20. The van der Waals surface area contributed by atoms with E-state index < -0.39 is 3.79 Å². The smallest absolute Gasteiger partial charge is 0.250 e. The highest BCUT2D eigenvalue weighted by Crippen LogP contribution is 2.37. The van der Waals surface area contributed by atoms with Crippen LogP contribution in [0.25, 0.3) is 0 Å². The van der Waals surface area contributed by atoms with Crippen LogP contribution in [0, 0.1) is 10.5 Å². The molecule has 0 atom stereocenters. The number of halogens is 4. The fourth-order valence-corrected chi connectivity index (χ4v) is 1.62. The number of anilines is 1. The quantitative estimate of drug-likeness (QED) is 0.612.